The molecule has 1 amide bonds. The van der Waals surface area contributed by atoms with Crippen LogP contribution in [0.1, 0.15) is 23.1 Å². The maximum absolute atomic E-state index is 12.1. The summed E-state index contributed by atoms with van der Waals surface area (Å²) in [5, 5.41) is 0. The van der Waals surface area contributed by atoms with Crippen molar-refractivity contribution in [2.75, 3.05) is 6.54 Å². The van der Waals surface area contributed by atoms with E-state index in [1.54, 1.807) is 16.2 Å². The SMILES string of the molecule is CCCN1C(=O)/C(=C\c2ccc(C)s2)SC1=S. The van der Waals surface area contributed by atoms with Gasteiger partial charge in [-0.15, -0.1) is 11.3 Å². The minimum absolute atomic E-state index is 0.0490. The monoisotopic (exact) mass is 283 g/mol. The van der Waals surface area contributed by atoms with Crippen molar-refractivity contribution in [1.29, 1.82) is 0 Å². The lowest BCUT2D eigenvalue weighted by molar-refractivity contribution is -0.122. The Kier molecular flexibility index (Phi) is 4.01. The first-order valence-corrected chi connectivity index (χ1v) is 7.47. The van der Waals surface area contributed by atoms with Crippen LogP contribution in [0.2, 0.25) is 0 Å². The van der Waals surface area contributed by atoms with E-state index in [1.165, 1.54) is 16.6 Å². The van der Waals surface area contributed by atoms with Crippen molar-refractivity contribution < 1.29 is 4.79 Å². The Morgan fingerprint density at radius 1 is 1.47 bits per heavy atom. The van der Waals surface area contributed by atoms with E-state index in [2.05, 4.69) is 13.0 Å². The van der Waals surface area contributed by atoms with Gasteiger partial charge in [0, 0.05) is 16.3 Å². The predicted molar refractivity (Wildman–Crippen MR) is 79.2 cm³/mol. The summed E-state index contributed by atoms with van der Waals surface area (Å²) in [6.45, 7) is 4.82. The van der Waals surface area contributed by atoms with Crippen LogP contribution >= 0.6 is 35.3 Å². The van der Waals surface area contributed by atoms with Gasteiger partial charge in [0.25, 0.3) is 5.91 Å². The molecule has 1 aromatic rings. The Balaban J connectivity index is 2.21. The van der Waals surface area contributed by atoms with Crippen molar-refractivity contribution >= 4 is 51.6 Å². The van der Waals surface area contributed by atoms with Gasteiger partial charge >= 0.3 is 0 Å². The first kappa shape index (κ1) is 12.8. The Bertz CT molecular complexity index is 490. The van der Waals surface area contributed by atoms with Gasteiger partial charge in [-0.1, -0.05) is 30.9 Å². The molecule has 0 atom stereocenters. The van der Waals surface area contributed by atoms with E-state index in [0.29, 0.717) is 10.9 Å². The number of thiophene rings is 1. The number of carbonyl (C=O) groups excluding carboxylic acids is 1. The van der Waals surface area contributed by atoms with Crippen molar-refractivity contribution in [2.45, 2.75) is 20.3 Å². The topological polar surface area (TPSA) is 20.3 Å². The van der Waals surface area contributed by atoms with Crippen molar-refractivity contribution in [2.24, 2.45) is 0 Å². The summed E-state index contributed by atoms with van der Waals surface area (Å²) in [5.74, 6) is 0.0490. The highest BCUT2D eigenvalue weighted by molar-refractivity contribution is 8.26. The maximum atomic E-state index is 12.1. The molecule has 1 fully saturated rings. The molecule has 0 aromatic carbocycles. The van der Waals surface area contributed by atoms with Crippen LogP contribution in [-0.2, 0) is 4.79 Å². The van der Waals surface area contributed by atoms with Gasteiger partial charge in [0.1, 0.15) is 4.32 Å². The Morgan fingerprint density at radius 3 is 2.82 bits per heavy atom. The van der Waals surface area contributed by atoms with Crippen LogP contribution in [0.5, 0.6) is 0 Å². The fourth-order valence-corrected chi connectivity index (χ4v) is 3.77. The lowest BCUT2D eigenvalue weighted by atomic mass is 10.3. The standard InChI is InChI=1S/C12H13NOS3/c1-3-6-13-11(14)10(17-12(13)15)7-9-5-4-8(2)16-9/h4-5,7H,3,6H2,1-2H3/b10-7+. The molecule has 0 bridgehead atoms. The van der Waals surface area contributed by atoms with Crippen LogP contribution in [0.4, 0.5) is 0 Å². The largest absolute Gasteiger partial charge is 0.293 e. The number of thioether (sulfide) groups is 1. The molecule has 0 spiro atoms. The van der Waals surface area contributed by atoms with Gasteiger partial charge in [-0.05, 0) is 31.6 Å². The summed E-state index contributed by atoms with van der Waals surface area (Å²) in [7, 11) is 0. The number of carbonyl (C=O) groups is 1. The number of amides is 1. The second-order valence-electron chi connectivity index (χ2n) is 3.78. The van der Waals surface area contributed by atoms with Gasteiger partial charge in [0.2, 0.25) is 0 Å². The third-order valence-electron chi connectivity index (χ3n) is 2.36. The van der Waals surface area contributed by atoms with Gasteiger partial charge < -0.3 is 0 Å². The molecular formula is C12H13NOS3. The van der Waals surface area contributed by atoms with E-state index in [0.717, 1.165) is 16.2 Å². The Hall–Kier alpha value is -0.650. The van der Waals surface area contributed by atoms with Gasteiger partial charge in [-0.25, -0.2) is 0 Å². The van der Waals surface area contributed by atoms with Crippen molar-refractivity contribution in [3.63, 3.8) is 0 Å². The van der Waals surface area contributed by atoms with E-state index in [4.69, 9.17) is 12.2 Å². The molecule has 2 nitrogen and oxygen atoms in total. The van der Waals surface area contributed by atoms with Gasteiger partial charge in [-0.2, -0.15) is 0 Å². The third-order valence-corrected chi connectivity index (χ3v) is 4.68. The molecule has 2 heterocycles. The summed E-state index contributed by atoms with van der Waals surface area (Å²) in [5.41, 5.74) is 0. The minimum atomic E-state index is 0.0490. The lowest BCUT2D eigenvalue weighted by Gasteiger charge is -2.11. The fourth-order valence-electron chi connectivity index (χ4n) is 1.58. The predicted octanol–water partition coefficient (Wildman–Crippen LogP) is 3.67. The molecular weight excluding hydrogens is 270 g/mol. The molecule has 1 aromatic heterocycles. The highest BCUT2D eigenvalue weighted by Gasteiger charge is 2.31. The number of hydrogen-bond acceptors (Lipinski definition) is 4. The maximum Gasteiger partial charge on any atom is 0.266 e. The van der Waals surface area contributed by atoms with Crippen molar-refractivity contribution in [1.82, 2.24) is 4.90 Å². The minimum Gasteiger partial charge on any atom is -0.293 e. The highest BCUT2D eigenvalue weighted by Crippen LogP contribution is 2.33. The first-order chi connectivity index (χ1) is 8.11. The van der Waals surface area contributed by atoms with Crippen LogP contribution < -0.4 is 0 Å². The van der Waals surface area contributed by atoms with Gasteiger partial charge in [-0.3, -0.25) is 9.69 Å². The zero-order chi connectivity index (χ0) is 12.4. The number of thiocarbonyl (C=S) groups is 1. The van der Waals surface area contributed by atoms with Crippen LogP contribution in [-0.4, -0.2) is 21.7 Å². The first-order valence-electron chi connectivity index (χ1n) is 5.43. The quantitative estimate of drug-likeness (QED) is 0.623. The Morgan fingerprint density at radius 2 is 2.24 bits per heavy atom. The van der Waals surface area contributed by atoms with Gasteiger partial charge in [0.15, 0.2) is 0 Å². The summed E-state index contributed by atoms with van der Waals surface area (Å²) >= 11 is 8.30. The average molecular weight is 283 g/mol. The van der Waals surface area contributed by atoms with E-state index < -0.39 is 0 Å². The second kappa shape index (κ2) is 5.33. The van der Waals surface area contributed by atoms with Crippen molar-refractivity contribution in [3.8, 4) is 0 Å². The highest BCUT2D eigenvalue weighted by atomic mass is 32.2. The van der Waals surface area contributed by atoms with E-state index in [-0.39, 0.29) is 5.91 Å². The summed E-state index contributed by atoms with van der Waals surface area (Å²) in [6, 6.07) is 4.09. The molecule has 1 aliphatic heterocycles. The fraction of sp³-hybridized carbons (Fsp3) is 0.333. The smallest absolute Gasteiger partial charge is 0.266 e. The molecule has 0 unspecified atom stereocenters. The van der Waals surface area contributed by atoms with Crippen LogP contribution in [0.3, 0.4) is 0 Å². The Labute approximate surface area is 115 Å². The molecule has 0 saturated carbocycles. The zero-order valence-electron chi connectivity index (χ0n) is 9.73. The molecule has 17 heavy (non-hydrogen) atoms. The van der Waals surface area contributed by atoms with E-state index in [9.17, 15) is 4.79 Å². The van der Waals surface area contributed by atoms with E-state index in [1.807, 2.05) is 19.1 Å². The number of nitrogens with zero attached hydrogens (tertiary/aromatic N) is 1. The molecule has 0 N–H and O–H groups in total. The summed E-state index contributed by atoms with van der Waals surface area (Å²) < 4.78 is 0.677. The van der Waals surface area contributed by atoms with Crippen LogP contribution in [0, 0.1) is 6.92 Å². The summed E-state index contributed by atoms with van der Waals surface area (Å²) in [6.07, 6.45) is 2.87. The molecule has 1 aliphatic rings. The molecule has 90 valence electrons. The number of hydrogen-bond donors (Lipinski definition) is 0. The van der Waals surface area contributed by atoms with Gasteiger partial charge in [0.05, 0.1) is 4.91 Å². The third kappa shape index (κ3) is 2.78. The average Bonchev–Trinajstić information content (AvgIpc) is 2.79. The van der Waals surface area contributed by atoms with Crippen LogP contribution in [0.25, 0.3) is 6.08 Å². The molecule has 0 radical (unpaired) electrons. The number of aryl methyl sites for hydroxylation is 1. The van der Waals surface area contributed by atoms with Crippen molar-refractivity contribution in [3.05, 3.63) is 26.8 Å². The second-order valence-corrected chi connectivity index (χ2v) is 6.78. The normalized spacial score (nSPS) is 18.5. The van der Waals surface area contributed by atoms with E-state index >= 15 is 0 Å². The summed E-state index contributed by atoms with van der Waals surface area (Å²) in [4.78, 5) is 16.9. The molecule has 1 saturated heterocycles. The zero-order valence-corrected chi connectivity index (χ0v) is 12.2. The molecule has 5 heteroatoms. The number of rotatable bonds is 3. The molecule has 0 aliphatic carbocycles. The lowest BCUT2D eigenvalue weighted by Crippen LogP contribution is -2.28. The van der Waals surface area contributed by atoms with Crippen LogP contribution in [0.15, 0.2) is 17.0 Å². The molecule has 2 rings (SSSR count).